The third kappa shape index (κ3) is 2.24. The lowest BCUT2D eigenvalue weighted by molar-refractivity contribution is 0.268. The standard InChI is InChI=1S/C13H22N4/c1-2-17-9-12(7-15-17)8-16-6-4-13(11-16)3-5-14-10-13/h7,9,14H,2-6,8,10-11H2,1H3. The van der Waals surface area contributed by atoms with Gasteiger partial charge < -0.3 is 5.32 Å². The Balaban J connectivity index is 1.59. The summed E-state index contributed by atoms with van der Waals surface area (Å²) in [6.45, 7) is 9.11. The fourth-order valence-electron chi connectivity index (χ4n) is 3.23. The minimum atomic E-state index is 0.584. The van der Waals surface area contributed by atoms with Crippen LogP contribution in [0.3, 0.4) is 0 Å². The molecule has 94 valence electrons. The van der Waals surface area contributed by atoms with E-state index in [0.717, 1.165) is 13.1 Å². The first-order valence-electron chi connectivity index (χ1n) is 6.74. The predicted octanol–water partition coefficient (Wildman–Crippen LogP) is 1.09. The van der Waals surface area contributed by atoms with Gasteiger partial charge in [-0.3, -0.25) is 9.58 Å². The normalized spacial score (nSPS) is 29.5. The molecule has 2 fully saturated rings. The zero-order chi connectivity index (χ0) is 11.7. The number of nitrogens with one attached hydrogen (secondary N) is 1. The van der Waals surface area contributed by atoms with Crippen molar-refractivity contribution in [3.63, 3.8) is 0 Å². The summed E-state index contributed by atoms with van der Waals surface area (Å²) in [5, 5.41) is 7.85. The second kappa shape index (κ2) is 4.42. The summed E-state index contributed by atoms with van der Waals surface area (Å²) in [5.41, 5.74) is 1.94. The van der Waals surface area contributed by atoms with E-state index in [-0.39, 0.29) is 0 Å². The highest BCUT2D eigenvalue weighted by atomic mass is 15.3. The van der Waals surface area contributed by atoms with Crippen LogP contribution in [0, 0.1) is 5.41 Å². The monoisotopic (exact) mass is 234 g/mol. The second-order valence-electron chi connectivity index (χ2n) is 5.59. The molecule has 2 aliphatic rings. The van der Waals surface area contributed by atoms with Crippen molar-refractivity contribution in [3.8, 4) is 0 Å². The topological polar surface area (TPSA) is 33.1 Å². The van der Waals surface area contributed by atoms with E-state index in [1.54, 1.807) is 0 Å². The number of rotatable bonds is 3. The molecule has 1 N–H and O–H groups in total. The molecule has 3 heterocycles. The van der Waals surface area contributed by atoms with Gasteiger partial charge in [-0.25, -0.2) is 0 Å². The summed E-state index contributed by atoms with van der Waals surface area (Å²) >= 11 is 0. The molecule has 0 aliphatic carbocycles. The summed E-state index contributed by atoms with van der Waals surface area (Å²) in [5.74, 6) is 0. The average Bonchev–Trinajstić information content (AvgIpc) is 3.03. The van der Waals surface area contributed by atoms with E-state index in [2.05, 4.69) is 28.4 Å². The van der Waals surface area contributed by atoms with Crippen molar-refractivity contribution in [2.24, 2.45) is 5.41 Å². The van der Waals surface area contributed by atoms with Crippen molar-refractivity contribution in [2.45, 2.75) is 32.9 Å². The lowest BCUT2D eigenvalue weighted by Gasteiger charge is -2.22. The SMILES string of the molecule is CCn1cc(CN2CCC3(CCNC3)C2)cn1. The van der Waals surface area contributed by atoms with Crippen molar-refractivity contribution < 1.29 is 0 Å². The number of nitrogens with zero attached hydrogens (tertiary/aromatic N) is 3. The fourth-order valence-corrected chi connectivity index (χ4v) is 3.23. The van der Waals surface area contributed by atoms with E-state index < -0.39 is 0 Å². The highest BCUT2D eigenvalue weighted by Crippen LogP contribution is 2.36. The third-order valence-electron chi connectivity index (χ3n) is 4.27. The molecular weight excluding hydrogens is 212 g/mol. The molecule has 0 aromatic carbocycles. The molecule has 3 rings (SSSR count). The van der Waals surface area contributed by atoms with Crippen molar-refractivity contribution in [1.82, 2.24) is 20.0 Å². The van der Waals surface area contributed by atoms with Crippen molar-refractivity contribution in [1.29, 1.82) is 0 Å². The Morgan fingerprint density at radius 1 is 1.47 bits per heavy atom. The molecule has 0 amide bonds. The van der Waals surface area contributed by atoms with E-state index >= 15 is 0 Å². The molecule has 4 nitrogen and oxygen atoms in total. The number of likely N-dealkylation sites (tertiary alicyclic amines) is 1. The molecule has 2 aliphatic heterocycles. The maximum atomic E-state index is 4.34. The highest BCUT2D eigenvalue weighted by molar-refractivity contribution is 5.05. The maximum absolute atomic E-state index is 4.34. The van der Waals surface area contributed by atoms with Gasteiger partial charge in [-0.05, 0) is 38.3 Å². The third-order valence-corrected chi connectivity index (χ3v) is 4.27. The first kappa shape index (κ1) is 11.2. The summed E-state index contributed by atoms with van der Waals surface area (Å²) in [7, 11) is 0. The van der Waals surface area contributed by atoms with Crippen LogP contribution in [0.25, 0.3) is 0 Å². The largest absolute Gasteiger partial charge is 0.316 e. The van der Waals surface area contributed by atoms with E-state index in [4.69, 9.17) is 0 Å². The molecule has 1 spiro atoms. The van der Waals surface area contributed by atoms with Crippen LogP contribution in [0.5, 0.6) is 0 Å². The van der Waals surface area contributed by atoms with Gasteiger partial charge in [0, 0.05) is 37.9 Å². The summed E-state index contributed by atoms with van der Waals surface area (Å²) < 4.78 is 2.01. The molecule has 0 radical (unpaired) electrons. The van der Waals surface area contributed by atoms with Crippen LogP contribution >= 0.6 is 0 Å². The molecular formula is C13H22N4. The first-order valence-corrected chi connectivity index (χ1v) is 6.74. The van der Waals surface area contributed by atoms with Gasteiger partial charge in [0.05, 0.1) is 6.20 Å². The highest BCUT2D eigenvalue weighted by Gasteiger charge is 2.40. The van der Waals surface area contributed by atoms with Crippen LogP contribution in [0.2, 0.25) is 0 Å². The summed E-state index contributed by atoms with van der Waals surface area (Å²) in [6.07, 6.45) is 6.92. The Labute approximate surface area is 103 Å². The fraction of sp³-hybridized carbons (Fsp3) is 0.769. The minimum absolute atomic E-state index is 0.584. The average molecular weight is 234 g/mol. The van der Waals surface area contributed by atoms with Crippen LogP contribution in [0.15, 0.2) is 12.4 Å². The molecule has 2 saturated heterocycles. The lowest BCUT2D eigenvalue weighted by atomic mass is 9.87. The Morgan fingerprint density at radius 2 is 2.41 bits per heavy atom. The van der Waals surface area contributed by atoms with E-state index in [1.807, 2.05) is 10.9 Å². The molecule has 1 aromatic heterocycles. The van der Waals surface area contributed by atoms with Gasteiger partial charge in [0.2, 0.25) is 0 Å². The van der Waals surface area contributed by atoms with Crippen LogP contribution in [0.4, 0.5) is 0 Å². The molecule has 1 atom stereocenters. The summed E-state index contributed by atoms with van der Waals surface area (Å²) in [4.78, 5) is 2.59. The molecule has 1 aromatic rings. The molecule has 0 bridgehead atoms. The number of hydrogen-bond donors (Lipinski definition) is 1. The maximum Gasteiger partial charge on any atom is 0.0534 e. The number of hydrogen-bond acceptors (Lipinski definition) is 3. The van der Waals surface area contributed by atoms with Crippen LogP contribution in [-0.4, -0.2) is 40.9 Å². The van der Waals surface area contributed by atoms with Crippen molar-refractivity contribution >= 4 is 0 Å². The van der Waals surface area contributed by atoms with E-state index in [1.165, 1.54) is 44.6 Å². The molecule has 4 heteroatoms. The predicted molar refractivity (Wildman–Crippen MR) is 67.7 cm³/mol. The number of aromatic nitrogens is 2. The van der Waals surface area contributed by atoms with Crippen LogP contribution < -0.4 is 5.32 Å². The van der Waals surface area contributed by atoms with Crippen LogP contribution in [0.1, 0.15) is 25.3 Å². The summed E-state index contributed by atoms with van der Waals surface area (Å²) in [6, 6.07) is 0. The Morgan fingerprint density at radius 3 is 3.12 bits per heavy atom. The Bertz CT molecular complexity index is 379. The molecule has 17 heavy (non-hydrogen) atoms. The number of aryl methyl sites for hydroxylation is 1. The minimum Gasteiger partial charge on any atom is -0.316 e. The zero-order valence-electron chi connectivity index (χ0n) is 10.7. The van der Waals surface area contributed by atoms with Crippen molar-refractivity contribution in [3.05, 3.63) is 18.0 Å². The quantitative estimate of drug-likeness (QED) is 0.850. The zero-order valence-corrected chi connectivity index (χ0v) is 10.7. The molecule has 1 unspecified atom stereocenters. The van der Waals surface area contributed by atoms with Gasteiger partial charge in [0.15, 0.2) is 0 Å². The van der Waals surface area contributed by atoms with Gasteiger partial charge >= 0.3 is 0 Å². The smallest absolute Gasteiger partial charge is 0.0534 e. The van der Waals surface area contributed by atoms with E-state index in [9.17, 15) is 0 Å². The van der Waals surface area contributed by atoms with Crippen LogP contribution in [-0.2, 0) is 13.1 Å². The Hall–Kier alpha value is -0.870. The first-order chi connectivity index (χ1) is 8.30. The second-order valence-corrected chi connectivity index (χ2v) is 5.59. The van der Waals surface area contributed by atoms with Gasteiger partial charge in [0.1, 0.15) is 0 Å². The van der Waals surface area contributed by atoms with Gasteiger partial charge in [-0.15, -0.1) is 0 Å². The molecule has 0 saturated carbocycles. The van der Waals surface area contributed by atoms with Gasteiger partial charge in [-0.2, -0.15) is 5.10 Å². The Kier molecular flexibility index (Phi) is 2.92. The van der Waals surface area contributed by atoms with Crippen molar-refractivity contribution in [2.75, 3.05) is 26.2 Å². The lowest BCUT2D eigenvalue weighted by Crippen LogP contribution is -2.28. The van der Waals surface area contributed by atoms with Gasteiger partial charge in [0.25, 0.3) is 0 Å². The van der Waals surface area contributed by atoms with Gasteiger partial charge in [-0.1, -0.05) is 0 Å². The van der Waals surface area contributed by atoms with E-state index in [0.29, 0.717) is 5.41 Å².